The van der Waals surface area contributed by atoms with Gasteiger partial charge in [0.25, 0.3) is 0 Å². The standard InChI is InChI=1S/C19H28O.C12H17NS2.C3H6N.C3H6.C2H6.Y/c1-4-15(5-2)12-16-9-10-18(19(20)13-16)17-8-6-7-14(3)11-17;1-8-9(2)13-10(3)11(5-4-6-14)7-15-12(8)13;1-3-4-2;1-3-2;1-2;/h9-11,13,15,17,20H,4-8,12H2,1-3H3;4-5,8,12,14H,2,6-7H2,1,3H3;3H,1H2,2H3;3H,1H2,2H3;1-2H3;/q;;-1;;;/p-1/b;5-4+;;;;. The molecule has 1 aromatic carbocycles. The van der Waals surface area contributed by atoms with Crippen LogP contribution in [0.1, 0.15) is 105 Å². The summed E-state index contributed by atoms with van der Waals surface area (Å²) in [6.07, 6.45) is 16.9. The summed E-state index contributed by atoms with van der Waals surface area (Å²) >= 11 is 6.93. The Balaban J connectivity index is 0. The zero-order valence-electron chi connectivity index (χ0n) is 29.9. The molecular weight excluding hydrogens is 665 g/mol. The predicted molar refractivity (Wildman–Crippen MR) is 203 cm³/mol. The number of hydrogen-bond donors (Lipinski definition) is 1. The number of hydrogen-bond acceptors (Lipinski definition) is 4. The van der Waals surface area contributed by atoms with Crippen molar-refractivity contribution in [3.63, 3.8) is 0 Å². The van der Waals surface area contributed by atoms with E-state index in [4.69, 9.17) is 12.6 Å². The molecule has 0 amide bonds. The maximum atomic E-state index is 10.4. The van der Waals surface area contributed by atoms with Crippen LogP contribution in [0.15, 0.2) is 91.0 Å². The maximum Gasteiger partial charge on any atom is 0.119 e. The molecule has 3 atom stereocenters. The van der Waals surface area contributed by atoms with Crippen LogP contribution in [0.2, 0.25) is 0 Å². The second-order valence-electron chi connectivity index (χ2n) is 11.2. The molecule has 1 radical (unpaired) electrons. The Labute approximate surface area is 313 Å². The van der Waals surface area contributed by atoms with E-state index >= 15 is 0 Å². The number of phenols is 1. The zero-order chi connectivity index (χ0) is 33.7. The summed E-state index contributed by atoms with van der Waals surface area (Å²) in [5.74, 6) is 4.07. The second kappa shape index (κ2) is 26.9. The smallest absolute Gasteiger partial charge is 0.119 e. The van der Waals surface area contributed by atoms with E-state index in [9.17, 15) is 5.11 Å². The molecule has 0 aromatic heterocycles. The van der Waals surface area contributed by atoms with Crippen molar-refractivity contribution in [2.45, 2.75) is 105 Å². The minimum Gasteiger partial charge on any atom is -0.789 e. The molecular formula is C39H62N2OS2Y-2. The van der Waals surface area contributed by atoms with E-state index in [1.165, 1.54) is 60.0 Å². The first-order valence-electron chi connectivity index (χ1n) is 16.4. The van der Waals surface area contributed by atoms with Gasteiger partial charge in [0.1, 0.15) is 5.75 Å². The Hall–Kier alpha value is -1.14. The Kier molecular flexibility index (Phi) is 27.5. The molecule has 1 aliphatic carbocycles. The van der Waals surface area contributed by atoms with Gasteiger partial charge in [0.15, 0.2) is 0 Å². The molecule has 251 valence electrons. The Morgan fingerprint density at radius 3 is 2.27 bits per heavy atom. The van der Waals surface area contributed by atoms with Gasteiger partial charge >= 0.3 is 0 Å². The fourth-order valence-corrected chi connectivity index (χ4v) is 7.04. The van der Waals surface area contributed by atoms with E-state index in [2.05, 4.69) is 94.9 Å². The Morgan fingerprint density at radius 1 is 1.18 bits per heavy atom. The van der Waals surface area contributed by atoms with Crippen LogP contribution in [0, 0.1) is 11.8 Å². The van der Waals surface area contributed by atoms with Gasteiger partial charge in [0.05, 0.1) is 5.37 Å². The third kappa shape index (κ3) is 15.5. The summed E-state index contributed by atoms with van der Waals surface area (Å²) in [6, 6.07) is 6.35. The fraction of sp³-hybridized carbons (Fsp3) is 0.538. The van der Waals surface area contributed by atoms with E-state index in [0.29, 0.717) is 28.7 Å². The van der Waals surface area contributed by atoms with Crippen molar-refractivity contribution < 1.29 is 37.8 Å². The number of aromatic hydroxyl groups is 1. The number of benzene rings is 1. The molecule has 0 saturated carbocycles. The first kappa shape index (κ1) is 46.0. The number of allylic oxidation sites excluding steroid dienone is 5. The monoisotopic (exact) mass is 727 g/mol. The topological polar surface area (TPSA) is 37.6 Å². The van der Waals surface area contributed by atoms with Crippen molar-refractivity contribution in [3.8, 4) is 5.75 Å². The Morgan fingerprint density at radius 2 is 1.78 bits per heavy atom. The molecule has 0 bridgehead atoms. The number of thioether (sulfide) groups is 1. The summed E-state index contributed by atoms with van der Waals surface area (Å²) < 4.78 is 0. The van der Waals surface area contributed by atoms with E-state index in [-0.39, 0.29) is 32.7 Å². The molecule has 2 heterocycles. The molecule has 2 aliphatic heterocycles. The minimum atomic E-state index is 0. The summed E-state index contributed by atoms with van der Waals surface area (Å²) in [6.45, 7) is 27.8. The van der Waals surface area contributed by atoms with Crippen LogP contribution in [-0.2, 0) is 51.8 Å². The van der Waals surface area contributed by atoms with Crippen molar-refractivity contribution in [2.24, 2.45) is 11.8 Å². The number of fused-ring (bicyclic) bond motifs is 1. The van der Waals surface area contributed by atoms with Crippen LogP contribution in [0.5, 0.6) is 5.75 Å². The van der Waals surface area contributed by atoms with Crippen molar-refractivity contribution >= 4 is 24.4 Å². The van der Waals surface area contributed by atoms with Crippen molar-refractivity contribution in [1.82, 2.24) is 4.90 Å². The maximum absolute atomic E-state index is 10.4. The third-order valence-electron chi connectivity index (χ3n) is 8.10. The largest absolute Gasteiger partial charge is 0.789 e. The third-order valence-corrected chi connectivity index (χ3v) is 9.73. The molecule has 3 unspecified atom stereocenters. The van der Waals surface area contributed by atoms with Crippen LogP contribution < -0.4 is 0 Å². The van der Waals surface area contributed by atoms with Gasteiger partial charge in [-0.3, -0.25) is 0 Å². The molecule has 0 spiro atoms. The average Bonchev–Trinajstić information content (AvgIpc) is 3.04. The predicted octanol–water partition coefficient (Wildman–Crippen LogP) is 11.8. The fourth-order valence-electron chi connectivity index (χ4n) is 5.40. The molecule has 1 aromatic rings. The minimum absolute atomic E-state index is 0. The van der Waals surface area contributed by atoms with Crippen molar-refractivity contribution in [3.05, 3.63) is 107 Å². The van der Waals surface area contributed by atoms with Crippen LogP contribution in [0.3, 0.4) is 0 Å². The van der Waals surface area contributed by atoms with Gasteiger partial charge in [-0.15, -0.1) is 38.0 Å². The summed E-state index contributed by atoms with van der Waals surface area (Å²) in [5.41, 5.74) is 7.86. The van der Waals surface area contributed by atoms with Crippen LogP contribution in [-0.4, -0.2) is 33.9 Å². The van der Waals surface area contributed by atoms with E-state index in [1.807, 2.05) is 38.6 Å². The summed E-state index contributed by atoms with van der Waals surface area (Å²) in [4.78, 5) is 2.36. The van der Waals surface area contributed by atoms with Gasteiger partial charge in [0.2, 0.25) is 0 Å². The number of phenolic OH excluding ortho intramolecular Hbond substituents is 1. The van der Waals surface area contributed by atoms with Gasteiger partial charge in [0, 0.05) is 67.3 Å². The van der Waals surface area contributed by atoms with Gasteiger partial charge < -0.3 is 28.0 Å². The average molecular weight is 728 g/mol. The van der Waals surface area contributed by atoms with Gasteiger partial charge in [-0.05, 0) is 69.6 Å². The van der Waals surface area contributed by atoms with E-state index in [1.54, 1.807) is 13.1 Å². The SMILES string of the molecule is C=C1C(C)C2SCC(/C=C/C[S-])=C(C)N12.C=CC.C=C[N-]C.CC.CCC(CC)Cc1ccc(C2C=C(C)CCC2)c(O)c1.[Y]. The molecule has 3 aliphatic rings. The number of rotatable bonds is 8. The molecule has 6 heteroatoms. The molecule has 1 saturated heterocycles. The van der Waals surface area contributed by atoms with Gasteiger partial charge in [-0.25, -0.2) is 0 Å². The first-order valence-corrected chi connectivity index (χ1v) is 18.1. The normalized spacial score (nSPS) is 19.7. The quantitative estimate of drug-likeness (QED) is 0.214. The van der Waals surface area contributed by atoms with Gasteiger partial charge in [-0.2, -0.15) is 12.0 Å². The first-order chi connectivity index (χ1) is 21.1. The molecule has 3 nitrogen and oxygen atoms in total. The van der Waals surface area contributed by atoms with E-state index in [0.717, 1.165) is 30.1 Å². The molecule has 4 rings (SSSR count). The summed E-state index contributed by atoms with van der Waals surface area (Å²) in [5, 5.41) is 14.5. The number of nitrogens with zero attached hydrogens (tertiary/aromatic N) is 2. The van der Waals surface area contributed by atoms with Crippen LogP contribution >= 0.6 is 11.8 Å². The zero-order valence-corrected chi connectivity index (χ0v) is 34.4. The van der Waals surface area contributed by atoms with Crippen LogP contribution in [0.4, 0.5) is 0 Å². The summed E-state index contributed by atoms with van der Waals surface area (Å²) in [7, 11) is 1.69. The van der Waals surface area contributed by atoms with Crippen molar-refractivity contribution in [1.29, 1.82) is 0 Å². The molecule has 1 N–H and O–H groups in total. The second-order valence-corrected chi connectivity index (χ2v) is 12.6. The molecule has 45 heavy (non-hydrogen) atoms. The Bertz CT molecular complexity index is 1090. The van der Waals surface area contributed by atoms with E-state index < -0.39 is 0 Å². The van der Waals surface area contributed by atoms with Gasteiger partial charge in [-0.1, -0.05) is 90.0 Å². The molecule has 1 fully saturated rings. The van der Waals surface area contributed by atoms with Crippen molar-refractivity contribution in [2.75, 3.05) is 18.6 Å². The van der Waals surface area contributed by atoms with Crippen LogP contribution in [0.25, 0.3) is 5.32 Å².